The molecule has 1 saturated carbocycles. The normalized spacial score (nSPS) is 26.2. The van der Waals surface area contributed by atoms with Crippen molar-refractivity contribution in [3.8, 4) is 0 Å². The van der Waals surface area contributed by atoms with Crippen LogP contribution in [0.5, 0.6) is 0 Å². The van der Waals surface area contributed by atoms with Crippen molar-refractivity contribution in [2.24, 2.45) is 17.6 Å². The fraction of sp³-hybridized carbons (Fsp3) is 0.769. The lowest BCUT2D eigenvalue weighted by Gasteiger charge is -2.26. The van der Waals surface area contributed by atoms with Crippen LogP contribution in [0.15, 0.2) is 12.7 Å². The van der Waals surface area contributed by atoms with Crippen molar-refractivity contribution in [2.75, 3.05) is 6.54 Å². The van der Waals surface area contributed by atoms with E-state index in [2.05, 4.69) is 6.58 Å². The number of carbonyl (C=O) groups is 1. The van der Waals surface area contributed by atoms with Crippen LogP contribution in [0.2, 0.25) is 0 Å². The summed E-state index contributed by atoms with van der Waals surface area (Å²) in [7, 11) is 0. The van der Waals surface area contributed by atoms with E-state index in [0.717, 1.165) is 51.5 Å². The molecule has 0 spiro atoms. The topological polar surface area (TPSA) is 43.1 Å². The van der Waals surface area contributed by atoms with Gasteiger partial charge in [-0.2, -0.15) is 0 Å². The number of hydrogen-bond donors (Lipinski definition) is 1. The van der Waals surface area contributed by atoms with Crippen LogP contribution in [0.4, 0.5) is 0 Å². The monoisotopic (exact) mass is 209 g/mol. The lowest BCUT2D eigenvalue weighted by molar-refractivity contribution is -0.124. The first kappa shape index (κ1) is 12.4. The van der Waals surface area contributed by atoms with Gasteiger partial charge in [0.25, 0.3) is 0 Å². The molecule has 1 rings (SSSR count). The zero-order valence-electron chi connectivity index (χ0n) is 9.58. The average molecular weight is 209 g/mol. The van der Waals surface area contributed by atoms with Gasteiger partial charge in [-0.15, -0.1) is 6.58 Å². The molecule has 0 bridgehead atoms. The first-order valence-corrected chi connectivity index (χ1v) is 6.11. The highest BCUT2D eigenvalue weighted by Crippen LogP contribution is 2.29. The van der Waals surface area contributed by atoms with Gasteiger partial charge in [0, 0.05) is 12.3 Å². The number of nitrogens with two attached hydrogens (primary N) is 1. The molecule has 0 heterocycles. The summed E-state index contributed by atoms with van der Waals surface area (Å²) in [5.41, 5.74) is 5.63. The third-order valence-electron chi connectivity index (χ3n) is 3.47. The molecule has 86 valence electrons. The Morgan fingerprint density at radius 2 is 2.00 bits per heavy atom. The lowest BCUT2D eigenvalue weighted by Crippen LogP contribution is -2.25. The van der Waals surface area contributed by atoms with Crippen LogP contribution in [0, 0.1) is 11.8 Å². The van der Waals surface area contributed by atoms with E-state index in [9.17, 15) is 4.79 Å². The number of hydrogen-bond acceptors (Lipinski definition) is 2. The summed E-state index contributed by atoms with van der Waals surface area (Å²) in [5.74, 6) is 1.46. The van der Waals surface area contributed by atoms with E-state index in [4.69, 9.17) is 5.73 Å². The minimum Gasteiger partial charge on any atom is -0.330 e. The van der Waals surface area contributed by atoms with Crippen molar-refractivity contribution in [1.82, 2.24) is 0 Å². The molecule has 0 amide bonds. The van der Waals surface area contributed by atoms with Gasteiger partial charge in [0.1, 0.15) is 5.78 Å². The number of carbonyl (C=O) groups excluding carboxylic acids is 1. The molecule has 0 aromatic heterocycles. The Hall–Kier alpha value is -0.630. The standard InChI is InChI=1S/C13H23NO/c1-2-3-4-5-13(15)12-8-6-11(10-14)7-9-12/h2,11-12H,1,3-10,14H2. The molecule has 0 saturated heterocycles. The summed E-state index contributed by atoms with van der Waals surface area (Å²) in [6, 6.07) is 0. The molecule has 15 heavy (non-hydrogen) atoms. The molecule has 1 aliphatic carbocycles. The Balaban J connectivity index is 2.20. The van der Waals surface area contributed by atoms with Crippen LogP contribution in [-0.4, -0.2) is 12.3 Å². The van der Waals surface area contributed by atoms with Crippen LogP contribution in [-0.2, 0) is 4.79 Å². The van der Waals surface area contributed by atoms with Gasteiger partial charge >= 0.3 is 0 Å². The Morgan fingerprint density at radius 3 is 2.53 bits per heavy atom. The molecule has 0 aromatic rings. The maximum atomic E-state index is 11.8. The van der Waals surface area contributed by atoms with E-state index in [0.29, 0.717) is 17.6 Å². The number of Topliss-reactive ketones (excluding diaryl/α,β-unsaturated/α-hetero) is 1. The van der Waals surface area contributed by atoms with Crippen LogP contribution in [0.25, 0.3) is 0 Å². The SMILES string of the molecule is C=CCCCC(=O)C1CCC(CN)CC1. The Labute approximate surface area is 92.9 Å². The van der Waals surface area contributed by atoms with E-state index in [1.807, 2.05) is 6.08 Å². The van der Waals surface area contributed by atoms with Crippen LogP contribution in [0.3, 0.4) is 0 Å². The van der Waals surface area contributed by atoms with Crippen molar-refractivity contribution in [2.45, 2.75) is 44.9 Å². The quantitative estimate of drug-likeness (QED) is 0.540. The van der Waals surface area contributed by atoms with Gasteiger partial charge in [-0.1, -0.05) is 6.08 Å². The van der Waals surface area contributed by atoms with Crippen molar-refractivity contribution >= 4 is 5.78 Å². The summed E-state index contributed by atoms with van der Waals surface area (Å²) in [6.45, 7) is 4.45. The van der Waals surface area contributed by atoms with Crippen molar-refractivity contribution in [1.29, 1.82) is 0 Å². The summed E-state index contributed by atoms with van der Waals surface area (Å²) < 4.78 is 0. The van der Waals surface area contributed by atoms with Crippen LogP contribution in [0.1, 0.15) is 44.9 Å². The number of unbranched alkanes of at least 4 members (excludes halogenated alkanes) is 1. The average Bonchev–Trinajstić information content (AvgIpc) is 2.29. The van der Waals surface area contributed by atoms with Gasteiger partial charge in [0.05, 0.1) is 0 Å². The van der Waals surface area contributed by atoms with E-state index in [1.54, 1.807) is 0 Å². The first-order chi connectivity index (χ1) is 7.27. The maximum absolute atomic E-state index is 11.8. The second kappa shape index (κ2) is 6.78. The highest BCUT2D eigenvalue weighted by molar-refractivity contribution is 5.81. The highest BCUT2D eigenvalue weighted by Gasteiger charge is 2.24. The molecule has 0 unspecified atom stereocenters. The first-order valence-electron chi connectivity index (χ1n) is 6.11. The summed E-state index contributed by atoms with van der Waals surface area (Å²) in [4.78, 5) is 11.8. The summed E-state index contributed by atoms with van der Waals surface area (Å²) >= 11 is 0. The van der Waals surface area contributed by atoms with Gasteiger partial charge in [0.2, 0.25) is 0 Å². The number of rotatable bonds is 6. The molecule has 0 aromatic carbocycles. The second-order valence-electron chi connectivity index (χ2n) is 4.60. The molecule has 0 atom stereocenters. The third kappa shape index (κ3) is 4.17. The minimum absolute atomic E-state index is 0.331. The van der Waals surface area contributed by atoms with E-state index in [-0.39, 0.29) is 0 Å². The maximum Gasteiger partial charge on any atom is 0.135 e. The van der Waals surface area contributed by atoms with Crippen LogP contribution < -0.4 is 5.73 Å². The zero-order valence-corrected chi connectivity index (χ0v) is 9.58. The molecular formula is C13H23NO. The van der Waals surface area contributed by atoms with Gasteiger partial charge in [-0.05, 0) is 51.0 Å². The molecule has 0 radical (unpaired) electrons. The van der Waals surface area contributed by atoms with Crippen molar-refractivity contribution in [3.63, 3.8) is 0 Å². The molecule has 2 heteroatoms. The third-order valence-corrected chi connectivity index (χ3v) is 3.47. The lowest BCUT2D eigenvalue weighted by atomic mass is 9.79. The van der Waals surface area contributed by atoms with Crippen LogP contribution >= 0.6 is 0 Å². The Morgan fingerprint density at radius 1 is 1.33 bits per heavy atom. The Bertz CT molecular complexity index is 205. The Kier molecular flexibility index (Phi) is 5.62. The predicted molar refractivity (Wildman–Crippen MR) is 63.6 cm³/mol. The van der Waals surface area contributed by atoms with Gasteiger partial charge in [-0.25, -0.2) is 0 Å². The van der Waals surface area contributed by atoms with Gasteiger partial charge < -0.3 is 5.73 Å². The van der Waals surface area contributed by atoms with Gasteiger partial charge in [-0.3, -0.25) is 4.79 Å². The van der Waals surface area contributed by atoms with E-state index < -0.39 is 0 Å². The molecule has 1 fully saturated rings. The summed E-state index contributed by atoms with van der Waals surface area (Å²) in [6.07, 6.45) is 8.98. The molecular weight excluding hydrogens is 186 g/mol. The fourth-order valence-corrected chi connectivity index (χ4v) is 2.34. The largest absolute Gasteiger partial charge is 0.330 e. The predicted octanol–water partition coefficient (Wildman–Crippen LogP) is 2.68. The van der Waals surface area contributed by atoms with E-state index >= 15 is 0 Å². The molecule has 2 nitrogen and oxygen atoms in total. The minimum atomic E-state index is 0.331. The number of ketones is 1. The molecule has 0 aliphatic heterocycles. The smallest absolute Gasteiger partial charge is 0.135 e. The van der Waals surface area contributed by atoms with Gasteiger partial charge in [0.15, 0.2) is 0 Å². The molecule has 1 aliphatic rings. The summed E-state index contributed by atoms with van der Waals surface area (Å²) in [5, 5.41) is 0. The second-order valence-corrected chi connectivity index (χ2v) is 4.60. The number of allylic oxidation sites excluding steroid dienone is 1. The van der Waals surface area contributed by atoms with Crippen molar-refractivity contribution < 1.29 is 4.79 Å². The highest BCUT2D eigenvalue weighted by atomic mass is 16.1. The fourth-order valence-electron chi connectivity index (χ4n) is 2.34. The van der Waals surface area contributed by atoms with E-state index in [1.165, 1.54) is 0 Å². The van der Waals surface area contributed by atoms with Crippen molar-refractivity contribution in [3.05, 3.63) is 12.7 Å². The zero-order chi connectivity index (χ0) is 11.1. The molecule has 2 N–H and O–H groups in total.